The first-order valence-corrected chi connectivity index (χ1v) is 7.51. The van der Waals surface area contributed by atoms with Gasteiger partial charge in [0.1, 0.15) is 10.8 Å². The molecule has 2 aromatic rings. The van der Waals surface area contributed by atoms with Gasteiger partial charge in [-0.25, -0.2) is 0 Å². The minimum absolute atomic E-state index is 0.0171. The summed E-state index contributed by atoms with van der Waals surface area (Å²) in [6.45, 7) is 0. The number of rotatable bonds is 3. The molecule has 0 aliphatic carbocycles. The number of phenolic OH excluding ortho intramolecular Hbond substituents is 1. The zero-order valence-electron chi connectivity index (χ0n) is 10.3. The summed E-state index contributed by atoms with van der Waals surface area (Å²) in [5.41, 5.74) is 0.478. The van der Waals surface area contributed by atoms with Gasteiger partial charge in [0.2, 0.25) is 0 Å². The van der Waals surface area contributed by atoms with E-state index in [9.17, 15) is 15.2 Å². The second kappa shape index (κ2) is 6.55. The Labute approximate surface area is 141 Å². The highest BCUT2D eigenvalue weighted by Gasteiger charge is 2.14. The molecule has 0 heterocycles. The maximum Gasteiger partial charge on any atom is 0.290 e. The third-order valence-corrected chi connectivity index (χ3v) is 4.00. The standard InChI is InChI=1S/C13H7Br2ClN2O3/c14-8-4-7(13(19)9(15)5-8)6-17-10-2-1-3-11(12(10)16)18(20)21/h1-6,19H. The lowest BCUT2D eigenvalue weighted by molar-refractivity contribution is -0.384. The van der Waals surface area contributed by atoms with Crippen molar-refractivity contribution in [2.75, 3.05) is 0 Å². The predicted molar refractivity (Wildman–Crippen MR) is 88.9 cm³/mol. The first-order chi connectivity index (χ1) is 9.90. The molecule has 0 fully saturated rings. The van der Waals surface area contributed by atoms with Crippen LogP contribution < -0.4 is 0 Å². The van der Waals surface area contributed by atoms with E-state index in [1.54, 1.807) is 18.2 Å². The van der Waals surface area contributed by atoms with Crippen LogP contribution in [0.4, 0.5) is 11.4 Å². The lowest BCUT2D eigenvalue weighted by Crippen LogP contribution is -1.89. The summed E-state index contributed by atoms with van der Waals surface area (Å²) in [7, 11) is 0. The summed E-state index contributed by atoms with van der Waals surface area (Å²) in [6.07, 6.45) is 1.38. The van der Waals surface area contributed by atoms with Gasteiger partial charge in [0, 0.05) is 22.3 Å². The van der Waals surface area contributed by atoms with Gasteiger partial charge in [0.15, 0.2) is 0 Å². The number of nitrogens with zero attached hydrogens (tertiary/aromatic N) is 2. The van der Waals surface area contributed by atoms with Crippen molar-refractivity contribution < 1.29 is 10.0 Å². The summed E-state index contributed by atoms with van der Waals surface area (Å²) in [5, 5.41) is 20.7. The van der Waals surface area contributed by atoms with Gasteiger partial charge < -0.3 is 5.11 Å². The number of hydrogen-bond acceptors (Lipinski definition) is 4. The minimum atomic E-state index is -0.575. The van der Waals surface area contributed by atoms with Crippen LogP contribution in [0.3, 0.4) is 0 Å². The summed E-state index contributed by atoms with van der Waals surface area (Å²) < 4.78 is 1.25. The fraction of sp³-hybridized carbons (Fsp3) is 0. The molecule has 0 atom stereocenters. The van der Waals surface area contributed by atoms with Crippen molar-refractivity contribution in [2.45, 2.75) is 0 Å². The molecule has 0 aromatic heterocycles. The van der Waals surface area contributed by atoms with E-state index in [1.165, 1.54) is 18.3 Å². The number of hydrogen-bond donors (Lipinski definition) is 1. The first kappa shape index (κ1) is 15.9. The third kappa shape index (κ3) is 3.61. The Kier molecular flexibility index (Phi) is 4.97. The Balaban J connectivity index is 2.43. The van der Waals surface area contributed by atoms with Crippen LogP contribution >= 0.6 is 43.5 Å². The molecule has 0 radical (unpaired) electrons. The van der Waals surface area contributed by atoms with Gasteiger partial charge in [0.05, 0.1) is 15.1 Å². The SMILES string of the molecule is O=[N+]([O-])c1cccc(N=Cc2cc(Br)cc(Br)c2O)c1Cl. The lowest BCUT2D eigenvalue weighted by atomic mass is 10.2. The Bertz CT molecular complexity index is 750. The number of benzene rings is 2. The van der Waals surface area contributed by atoms with Crippen LogP contribution in [0.1, 0.15) is 5.56 Å². The van der Waals surface area contributed by atoms with Crippen molar-refractivity contribution in [1.29, 1.82) is 0 Å². The number of halogens is 3. The highest BCUT2D eigenvalue weighted by atomic mass is 79.9. The first-order valence-electron chi connectivity index (χ1n) is 5.55. The molecule has 0 unspecified atom stereocenters. The van der Waals surface area contributed by atoms with E-state index in [0.29, 0.717) is 10.0 Å². The normalized spacial score (nSPS) is 11.0. The predicted octanol–water partition coefficient (Wildman–Crippen LogP) is 5.23. The van der Waals surface area contributed by atoms with Gasteiger partial charge >= 0.3 is 0 Å². The van der Waals surface area contributed by atoms with Crippen LogP contribution in [0.5, 0.6) is 5.75 Å². The zero-order chi connectivity index (χ0) is 15.6. The molecule has 108 valence electrons. The average molecular weight is 434 g/mol. The Hall–Kier alpha value is -1.44. The molecular weight excluding hydrogens is 427 g/mol. The maximum atomic E-state index is 10.8. The maximum absolute atomic E-state index is 10.8. The molecule has 0 spiro atoms. The third-order valence-electron chi connectivity index (χ3n) is 2.56. The van der Waals surface area contributed by atoms with Gasteiger partial charge in [-0.15, -0.1) is 0 Å². The summed E-state index contributed by atoms with van der Waals surface area (Å²) >= 11 is 12.4. The number of nitro benzene ring substituents is 1. The largest absolute Gasteiger partial charge is 0.506 e. The molecule has 8 heteroatoms. The molecule has 21 heavy (non-hydrogen) atoms. The molecule has 2 rings (SSSR count). The molecule has 0 saturated heterocycles. The Morgan fingerprint density at radius 3 is 2.71 bits per heavy atom. The van der Waals surface area contributed by atoms with Crippen molar-refractivity contribution in [1.82, 2.24) is 0 Å². The Morgan fingerprint density at radius 1 is 1.33 bits per heavy atom. The molecule has 0 aliphatic rings. The van der Waals surface area contributed by atoms with Gasteiger partial charge in [-0.05, 0) is 34.1 Å². The van der Waals surface area contributed by atoms with Gasteiger partial charge in [0.25, 0.3) is 5.69 Å². The van der Waals surface area contributed by atoms with Crippen molar-refractivity contribution >= 4 is 61.1 Å². The van der Waals surface area contributed by atoms with Crippen molar-refractivity contribution in [3.05, 3.63) is 60.0 Å². The summed E-state index contributed by atoms with van der Waals surface area (Å²) in [4.78, 5) is 14.3. The molecule has 0 aliphatic heterocycles. The van der Waals surface area contributed by atoms with Gasteiger partial charge in [-0.2, -0.15) is 0 Å². The molecule has 5 nitrogen and oxygen atoms in total. The van der Waals surface area contributed by atoms with E-state index < -0.39 is 4.92 Å². The molecular formula is C13H7Br2ClN2O3. The van der Waals surface area contributed by atoms with Crippen LogP contribution in [0.2, 0.25) is 5.02 Å². The van der Waals surface area contributed by atoms with Crippen LogP contribution in [0.25, 0.3) is 0 Å². The van der Waals surface area contributed by atoms with Crippen molar-refractivity contribution in [3.8, 4) is 5.75 Å². The van der Waals surface area contributed by atoms with Gasteiger partial charge in [-0.1, -0.05) is 33.6 Å². The fourth-order valence-electron chi connectivity index (χ4n) is 1.57. The van der Waals surface area contributed by atoms with E-state index >= 15 is 0 Å². The quantitative estimate of drug-likeness (QED) is 0.408. The van der Waals surface area contributed by atoms with E-state index in [0.717, 1.165) is 4.47 Å². The Morgan fingerprint density at radius 2 is 2.05 bits per heavy atom. The smallest absolute Gasteiger partial charge is 0.290 e. The molecule has 2 aromatic carbocycles. The van der Waals surface area contributed by atoms with Gasteiger partial charge in [-0.3, -0.25) is 15.1 Å². The van der Waals surface area contributed by atoms with E-state index in [1.807, 2.05) is 0 Å². The number of nitro groups is 1. The number of aromatic hydroxyl groups is 1. The van der Waals surface area contributed by atoms with E-state index in [2.05, 4.69) is 36.9 Å². The van der Waals surface area contributed by atoms with E-state index in [-0.39, 0.29) is 22.1 Å². The van der Waals surface area contributed by atoms with Crippen LogP contribution in [-0.2, 0) is 0 Å². The molecule has 0 bridgehead atoms. The second-order valence-electron chi connectivity index (χ2n) is 3.95. The molecule has 1 N–H and O–H groups in total. The average Bonchev–Trinajstić information content (AvgIpc) is 2.42. The zero-order valence-corrected chi connectivity index (χ0v) is 14.2. The highest BCUT2D eigenvalue weighted by Crippen LogP contribution is 2.35. The highest BCUT2D eigenvalue weighted by molar-refractivity contribution is 9.11. The summed E-state index contributed by atoms with van der Waals surface area (Å²) in [6, 6.07) is 7.69. The lowest BCUT2D eigenvalue weighted by Gasteiger charge is -2.03. The second-order valence-corrected chi connectivity index (χ2v) is 6.10. The molecule has 0 amide bonds. The monoisotopic (exact) mass is 432 g/mol. The number of phenols is 1. The van der Waals surface area contributed by atoms with Crippen molar-refractivity contribution in [2.24, 2.45) is 4.99 Å². The topological polar surface area (TPSA) is 75.7 Å². The van der Waals surface area contributed by atoms with Crippen LogP contribution in [-0.4, -0.2) is 16.2 Å². The van der Waals surface area contributed by atoms with Crippen LogP contribution in [0.15, 0.2) is 44.3 Å². The molecule has 0 saturated carbocycles. The van der Waals surface area contributed by atoms with Crippen molar-refractivity contribution in [3.63, 3.8) is 0 Å². The van der Waals surface area contributed by atoms with Crippen LogP contribution in [0, 0.1) is 10.1 Å². The fourth-order valence-corrected chi connectivity index (χ4v) is 3.07. The van der Waals surface area contributed by atoms with E-state index in [4.69, 9.17) is 11.6 Å². The minimum Gasteiger partial charge on any atom is -0.506 e. The number of aliphatic imine (C=N–C) groups is 1. The summed E-state index contributed by atoms with van der Waals surface area (Å²) in [5.74, 6) is 0.0171.